The maximum absolute atomic E-state index is 4.28. The van der Waals surface area contributed by atoms with E-state index in [9.17, 15) is 0 Å². The lowest BCUT2D eigenvalue weighted by molar-refractivity contribution is 0.324. The topological polar surface area (TPSA) is 30.7 Å². The van der Waals surface area contributed by atoms with Gasteiger partial charge in [-0.15, -0.1) is 5.10 Å². The van der Waals surface area contributed by atoms with Crippen LogP contribution in [0.1, 0.15) is 64.6 Å². The van der Waals surface area contributed by atoms with Crippen molar-refractivity contribution in [3.05, 3.63) is 11.9 Å². The van der Waals surface area contributed by atoms with Crippen LogP contribution < -0.4 is 0 Å². The van der Waals surface area contributed by atoms with Gasteiger partial charge in [0.15, 0.2) is 0 Å². The van der Waals surface area contributed by atoms with E-state index < -0.39 is 0 Å². The van der Waals surface area contributed by atoms with Gasteiger partial charge in [-0.2, -0.15) is 0 Å². The first-order chi connectivity index (χ1) is 7.07. The third-order valence-electron chi connectivity index (χ3n) is 3.23. The monoisotopic (exact) mass is 207 g/mol. The second kappa shape index (κ2) is 3.95. The fraction of sp³-hybridized carbons (Fsp3) is 0.833. The van der Waals surface area contributed by atoms with Crippen LogP contribution in [0, 0.1) is 0 Å². The van der Waals surface area contributed by atoms with Crippen molar-refractivity contribution in [2.24, 2.45) is 0 Å². The molecule has 0 N–H and O–H groups in total. The van der Waals surface area contributed by atoms with Crippen molar-refractivity contribution < 1.29 is 0 Å². The van der Waals surface area contributed by atoms with Crippen LogP contribution in [-0.2, 0) is 5.41 Å². The molecular weight excluding hydrogens is 186 g/mol. The normalized spacial score (nSPS) is 19.4. The summed E-state index contributed by atoms with van der Waals surface area (Å²) in [7, 11) is 0. The molecular formula is C12H21N3. The molecule has 0 spiro atoms. The standard InChI is InChI=1S/C12H21N3/c1-12(2,3)11-9-15(14-13-11)10-7-5-4-6-8-10/h9-10H,4-8H2,1-3H3. The Bertz CT molecular complexity index is 316. The van der Waals surface area contributed by atoms with Crippen molar-refractivity contribution in [1.29, 1.82) is 0 Å². The highest BCUT2D eigenvalue weighted by Gasteiger charge is 2.21. The Morgan fingerprint density at radius 2 is 1.87 bits per heavy atom. The molecule has 0 aliphatic heterocycles. The molecule has 1 aliphatic rings. The highest BCUT2D eigenvalue weighted by atomic mass is 15.4. The van der Waals surface area contributed by atoms with Crippen molar-refractivity contribution >= 4 is 0 Å². The largest absolute Gasteiger partial charge is 0.249 e. The van der Waals surface area contributed by atoms with E-state index in [0.717, 1.165) is 5.69 Å². The number of aromatic nitrogens is 3. The SMILES string of the molecule is CC(C)(C)c1cn(C2CCCCC2)nn1. The summed E-state index contributed by atoms with van der Waals surface area (Å²) in [4.78, 5) is 0. The predicted octanol–water partition coefficient (Wildman–Crippen LogP) is 3.08. The molecule has 1 aromatic rings. The Morgan fingerprint density at radius 1 is 1.20 bits per heavy atom. The summed E-state index contributed by atoms with van der Waals surface area (Å²) < 4.78 is 2.08. The zero-order valence-corrected chi connectivity index (χ0v) is 10.0. The van der Waals surface area contributed by atoms with E-state index in [0.29, 0.717) is 6.04 Å². The fourth-order valence-corrected chi connectivity index (χ4v) is 2.14. The van der Waals surface area contributed by atoms with Crippen LogP contribution in [0.2, 0.25) is 0 Å². The van der Waals surface area contributed by atoms with E-state index in [1.54, 1.807) is 0 Å². The van der Waals surface area contributed by atoms with Gasteiger partial charge in [-0.05, 0) is 12.8 Å². The summed E-state index contributed by atoms with van der Waals surface area (Å²) in [5.41, 5.74) is 1.22. The van der Waals surface area contributed by atoms with Gasteiger partial charge in [0.25, 0.3) is 0 Å². The van der Waals surface area contributed by atoms with Gasteiger partial charge < -0.3 is 0 Å². The molecule has 15 heavy (non-hydrogen) atoms. The molecule has 84 valence electrons. The molecule has 0 atom stereocenters. The molecule has 0 saturated heterocycles. The quantitative estimate of drug-likeness (QED) is 0.708. The van der Waals surface area contributed by atoms with E-state index in [4.69, 9.17) is 0 Å². The van der Waals surface area contributed by atoms with Crippen LogP contribution in [0.25, 0.3) is 0 Å². The first kappa shape index (κ1) is 10.7. The molecule has 2 rings (SSSR count). The highest BCUT2D eigenvalue weighted by molar-refractivity contribution is 5.06. The lowest BCUT2D eigenvalue weighted by Crippen LogP contribution is -2.14. The molecule has 0 aromatic carbocycles. The van der Waals surface area contributed by atoms with Gasteiger partial charge in [0.2, 0.25) is 0 Å². The summed E-state index contributed by atoms with van der Waals surface area (Å²) in [6.07, 6.45) is 8.75. The van der Waals surface area contributed by atoms with E-state index in [1.165, 1.54) is 32.1 Å². The number of hydrogen-bond acceptors (Lipinski definition) is 2. The lowest BCUT2D eigenvalue weighted by Gasteiger charge is -2.21. The van der Waals surface area contributed by atoms with Crippen molar-refractivity contribution in [3.8, 4) is 0 Å². The van der Waals surface area contributed by atoms with Crippen molar-refractivity contribution in [2.45, 2.75) is 64.3 Å². The first-order valence-electron chi connectivity index (χ1n) is 6.00. The Hall–Kier alpha value is -0.860. The molecule has 1 heterocycles. The zero-order valence-electron chi connectivity index (χ0n) is 10.0. The van der Waals surface area contributed by atoms with Crippen LogP contribution in [-0.4, -0.2) is 15.0 Å². The van der Waals surface area contributed by atoms with Crippen LogP contribution in [0.5, 0.6) is 0 Å². The van der Waals surface area contributed by atoms with E-state index in [2.05, 4.69) is 42.0 Å². The maximum atomic E-state index is 4.28. The second-order valence-corrected chi connectivity index (χ2v) is 5.63. The van der Waals surface area contributed by atoms with Crippen molar-refractivity contribution in [1.82, 2.24) is 15.0 Å². The molecule has 3 nitrogen and oxygen atoms in total. The highest BCUT2D eigenvalue weighted by Crippen LogP contribution is 2.28. The smallest absolute Gasteiger partial charge is 0.0880 e. The zero-order chi connectivity index (χ0) is 10.9. The number of nitrogens with zero attached hydrogens (tertiary/aromatic N) is 3. The van der Waals surface area contributed by atoms with Gasteiger partial charge in [-0.25, -0.2) is 4.68 Å². The van der Waals surface area contributed by atoms with Gasteiger partial charge >= 0.3 is 0 Å². The fourth-order valence-electron chi connectivity index (χ4n) is 2.14. The molecule has 0 radical (unpaired) electrons. The molecule has 1 aliphatic carbocycles. The number of rotatable bonds is 1. The van der Waals surface area contributed by atoms with Crippen LogP contribution in [0.4, 0.5) is 0 Å². The number of hydrogen-bond donors (Lipinski definition) is 0. The molecule has 0 bridgehead atoms. The van der Waals surface area contributed by atoms with Gasteiger partial charge in [0.1, 0.15) is 0 Å². The Kier molecular flexibility index (Phi) is 2.81. The minimum absolute atomic E-state index is 0.118. The van der Waals surface area contributed by atoms with E-state index in [-0.39, 0.29) is 5.41 Å². The summed E-state index contributed by atoms with van der Waals surface area (Å²) in [6, 6.07) is 0.599. The van der Waals surface area contributed by atoms with Gasteiger partial charge in [-0.3, -0.25) is 0 Å². The van der Waals surface area contributed by atoms with Crippen molar-refractivity contribution in [2.75, 3.05) is 0 Å². The summed E-state index contributed by atoms with van der Waals surface area (Å²) in [5, 5.41) is 8.55. The van der Waals surface area contributed by atoms with Crippen molar-refractivity contribution in [3.63, 3.8) is 0 Å². The predicted molar refractivity (Wildman–Crippen MR) is 60.8 cm³/mol. The summed E-state index contributed by atoms with van der Waals surface area (Å²) in [5.74, 6) is 0. The molecule has 0 unspecified atom stereocenters. The summed E-state index contributed by atoms with van der Waals surface area (Å²) in [6.45, 7) is 6.55. The van der Waals surface area contributed by atoms with Crippen LogP contribution >= 0.6 is 0 Å². The third kappa shape index (κ3) is 2.39. The Labute approximate surface area is 91.9 Å². The average Bonchev–Trinajstić information content (AvgIpc) is 2.67. The lowest BCUT2D eigenvalue weighted by atomic mass is 9.92. The van der Waals surface area contributed by atoms with Gasteiger partial charge in [-0.1, -0.05) is 45.2 Å². The Morgan fingerprint density at radius 3 is 2.40 bits per heavy atom. The van der Waals surface area contributed by atoms with Gasteiger partial charge in [0, 0.05) is 11.6 Å². The minimum atomic E-state index is 0.118. The minimum Gasteiger partial charge on any atom is -0.249 e. The molecule has 1 fully saturated rings. The molecule has 1 aromatic heterocycles. The van der Waals surface area contributed by atoms with E-state index in [1.807, 2.05) is 0 Å². The third-order valence-corrected chi connectivity index (χ3v) is 3.23. The average molecular weight is 207 g/mol. The Balaban J connectivity index is 2.12. The second-order valence-electron chi connectivity index (χ2n) is 5.63. The van der Waals surface area contributed by atoms with Crippen LogP contribution in [0.3, 0.4) is 0 Å². The van der Waals surface area contributed by atoms with Gasteiger partial charge in [0.05, 0.1) is 11.7 Å². The molecule has 0 amide bonds. The van der Waals surface area contributed by atoms with Crippen LogP contribution in [0.15, 0.2) is 6.20 Å². The molecule has 1 saturated carbocycles. The first-order valence-corrected chi connectivity index (χ1v) is 6.00. The van der Waals surface area contributed by atoms with E-state index >= 15 is 0 Å². The molecule has 3 heteroatoms. The summed E-state index contributed by atoms with van der Waals surface area (Å²) >= 11 is 0. The maximum Gasteiger partial charge on any atom is 0.0880 e.